The highest BCUT2D eigenvalue weighted by Gasteiger charge is 2.40. The molecule has 2 fully saturated rings. The maximum Gasteiger partial charge on any atom is 0.0696 e. The fourth-order valence-corrected chi connectivity index (χ4v) is 2.42. The molecule has 0 spiro atoms. The molecule has 0 aromatic heterocycles. The quantitative estimate of drug-likeness (QED) is 0.515. The van der Waals surface area contributed by atoms with Crippen LogP contribution in [0.3, 0.4) is 0 Å². The standard InChI is InChI=1S/C8H15NO/c1-5-4-6-2-3-7(10)8(6)9-5/h5-10H,2-4H2,1H3. The van der Waals surface area contributed by atoms with Gasteiger partial charge in [-0.15, -0.1) is 0 Å². The van der Waals surface area contributed by atoms with Crippen LogP contribution in [0.1, 0.15) is 26.2 Å². The highest BCUT2D eigenvalue weighted by Crippen LogP contribution is 2.34. The number of rotatable bonds is 0. The minimum Gasteiger partial charge on any atom is -0.391 e. The van der Waals surface area contributed by atoms with Gasteiger partial charge in [0, 0.05) is 12.1 Å². The summed E-state index contributed by atoms with van der Waals surface area (Å²) in [7, 11) is 0. The molecule has 1 aliphatic carbocycles. The molecule has 2 N–H and O–H groups in total. The summed E-state index contributed by atoms with van der Waals surface area (Å²) in [6.45, 7) is 2.20. The van der Waals surface area contributed by atoms with E-state index >= 15 is 0 Å². The van der Waals surface area contributed by atoms with Crippen LogP contribution in [0.4, 0.5) is 0 Å². The predicted octanol–water partition coefficient (Wildman–Crippen LogP) is 0.508. The third-order valence-corrected chi connectivity index (χ3v) is 2.89. The summed E-state index contributed by atoms with van der Waals surface area (Å²) < 4.78 is 0. The topological polar surface area (TPSA) is 32.3 Å². The molecular formula is C8H15NO. The zero-order valence-electron chi connectivity index (χ0n) is 6.38. The van der Waals surface area contributed by atoms with Crippen molar-refractivity contribution in [1.29, 1.82) is 0 Å². The van der Waals surface area contributed by atoms with Crippen molar-refractivity contribution in [1.82, 2.24) is 5.32 Å². The van der Waals surface area contributed by atoms with Crippen molar-refractivity contribution in [2.45, 2.75) is 44.4 Å². The molecule has 2 rings (SSSR count). The maximum atomic E-state index is 9.45. The summed E-state index contributed by atoms with van der Waals surface area (Å²) in [5.41, 5.74) is 0. The SMILES string of the molecule is CC1CC2CCC(O)C2N1. The monoisotopic (exact) mass is 141 g/mol. The summed E-state index contributed by atoms with van der Waals surface area (Å²) in [6, 6.07) is 1.06. The van der Waals surface area contributed by atoms with E-state index in [0.29, 0.717) is 12.1 Å². The van der Waals surface area contributed by atoms with Crippen molar-refractivity contribution >= 4 is 0 Å². The molecule has 1 saturated heterocycles. The van der Waals surface area contributed by atoms with Crippen LogP contribution in [0, 0.1) is 5.92 Å². The molecule has 1 aliphatic heterocycles. The van der Waals surface area contributed by atoms with Crippen molar-refractivity contribution in [3.63, 3.8) is 0 Å². The van der Waals surface area contributed by atoms with E-state index in [0.717, 1.165) is 12.3 Å². The molecule has 0 amide bonds. The van der Waals surface area contributed by atoms with E-state index < -0.39 is 0 Å². The van der Waals surface area contributed by atoms with Gasteiger partial charge in [-0.2, -0.15) is 0 Å². The Morgan fingerprint density at radius 2 is 2.20 bits per heavy atom. The fourth-order valence-electron chi connectivity index (χ4n) is 2.42. The van der Waals surface area contributed by atoms with Gasteiger partial charge >= 0.3 is 0 Å². The summed E-state index contributed by atoms with van der Waals surface area (Å²) in [4.78, 5) is 0. The molecule has 58 valence electrons. The molecule has 10 heavy (non-hydrogen) atoms. The van der Waals surface area contributed by atoms with Crippen molar-refractivity contribution in [2.24, 2.45) is 5.92 Å². The Balaban J connectivity index is 2.05. The van der Waals surface area contributed by atoms with E-state index in [9.17, 15) is 5.11 Å². The summed E-state index contributed by atoms with van der Waals surface area (Å²) in [6.07, 6.45) is 3.44. The third kappa shape index (κ3) is 0.867. The number of hydrogen-bond donors (Lipinski definition) is 2. The summed E-state index contributed by atoms with van der Waals surface area (Å²) in [5.74, 6) is 0.769. The Labute approximate surface area is 61.6 Å². The Morgan fingerprint density at radius 1 is 1.40 bits per heavy atom. The summed E-state index contributed by atoms with van der Waals surface area (Å²) >= 11 is 0. The van der Waals surface area contributed by atoms with Gasteiger partial charge in [-0.1, -0.05) is 0 Å². The largest absolute Gasteiger partial charge is 0.391 e. The van der Waals surface area contributed by atoms with Gasteiger partial charge in [0.25, 0.3) is 0 Å². The number of hydrogen-bond acceptors (Lipinski definition) is 2. The minimum atomic E-state index is -0.0602. The molecule has 2 nitrogen and oxygen atoms in total. The number of aliphatic hydroxyl groups is 1. The maximum absolute atomic E-state index is 9.45. The van der Waals surface area contributed by atoms with Gasteiger partial charge in [-0.25, -0.2) is 0 Å². The third-order valence-electron chi connectivity index (χ3n) is 2.89. The second-order valence-electron chi connectivity index (χ2n) is 3.73. The molecule has 0 aromatic rings. The van der Waals surface area contributed by atoms with Gasteiger partial charge in [0.1, 0.15) is 0 Å². The second kappa shape index (κ2) is 2.21. The molecule has 0 bridgehead atoms. The lowest BCUT2D eigenvalue weighted by atomic mass is 10.0. The average Bonchev–Trinajstić information content (AvgIpc) is 2.35. The van der Waals surface area contributed by atoms with Crippen LogP contribution in [0.5, 0.6) is 0 Å². The Hall–Kier alpha value is -0.0800. The first-order valence-corrected chi connectivity index (χ1v) is 4.21. The van der Waals surface area contributed by atoms with Crippen LogP contribution in [-0.2, 0) is 0 Å². The molecule has 2 heteroatoms. The smallest absolute Gasteiger partial charge is 0.0696 e. The molecule has 2 aliphatic rings. The van der Waals surface area contributed by atoms with Gasteiger partial charge in [-0.3, -0.25) is 0 Å². The van der Waals surface area contributed by atoms with Crippen LogP contribution >= 0.6 is 0 Å². The number of aliphatic hydroxyl groups excluding tert-OH is 1. The van der Waals surface area contributed by atoms with Gasteiger partial charge < -0.3 is 10.4 Å². The van der Waals surface area contributed by atoms with E-state index in [1.165, 1.54) is 12.8 Å². The molecule has 0 aromatic carbocycles. The Morgan fingerprint density at radius 3 is 2.90 bits per heavy atom. The van der Waals surface area contributed by atoms with Gasteiger partial charge in [0.2, 0.25) is 0 Å². The first-order chi connectivity index (χ1) is 4.77. The Kier molecular flexibility index (Phi) is 1.46. The molecule has 1 saturated carbocycles. The van der Waals surface area contributed by atoms with Crippen LogP contribution in [-0.4, -0.2) is 23.3 Å². The van der Waals surface area contributed by atoms with Crippen molar-refractivity contribution in [2.75, 3.05) is 0 Å². The first kappa shape index (κ1) is 6.62. The zero-order chi connectivity index (χ0) is 7.14. The number of fused-ring (bicyclic) bond motifs is 1. The highest BCUT2D eigenvalue weighted by molar-refractivity contribution is 4.97. The second-order valence-corrected chi connectivity index (χ2v) is 3.73. The first-order valence-electron chi connectivity index (χ1n) is 4.21. The van der Waals surface area contributed by atoms with E-state index in [1.54, 1.807) is 0 Å². The van der Waals surface area contributed by atoms with Crippen LogP contribution in [0.15, 0.2) is 0 Å². The lowest BCUT2D eigenvalue weighted by Gasteiger charge is -2.13. The van der Waals surface area contributed by atoms with E-state index in [4.69, 9.17) is 0 Å². The molecular weight excluding hydrogens is 126 g/mol. The normalized spacial score (nSPS) is 53.4. The van der Waals surface area contributed by atoms with E-state index in [1.807, 2.05) is 0 Å². The minimum absolute atomic E-state index is 0.0602. The lowest BCUT2D eigenvalue weighted by molar-refractivity contribution is 0.149. The van der Waals surface area contributed by atoms with Crippen molar-refractivity contribution in [3.8, 4) is 0 Å². The number of nitrogens with one attached hydrogen (secondary N) is 1. The summed E-state index contributed by atoms with van der Waals surface area (Å²) in [5, 5.41) is 12.9. The molecule has 1 heterocycles. The van der Waals surface area contributed by atoms with Crippen molar-refractivity contribution < 1.29 is 5.11 Å². The van der Waals surface area contributed by atoms with E-state index in [2.05, 4.69) is 12.2 Å². The zero-order valence-corrected chi connectivity index (χ0v) is 6.38. The molecule has 4 unspecified atom stereocenters. The Bertz CT molecular complexity index is 137. The van der Waals surface area contributed by atoms with Crippen LogP contribution in [0.2, 0.25) is 0 Å². The molecule has 0 radical (unpaired) electrons. The van der Waals surface area contributed by atoms with Crippen molar-refractivity contribution in [3.05, 3.63) is 0 Å². The van der Waals surface area contributed by atoms with Crippen LogP contribution < -0.4 is 5.32 Å². The van der Waals surface area contributed by atoms with Gasteiger partial charge in [0.05, 0.1) is 6.10 Å². The average molecular weight is 141 g/mol. The fraction of sp³-hybridized carbons (Fsp3) is 1.00. The highest BCUT2D eigenvalue weighted by atomic mass is 16.3. The van der Waals surface area contributed by atoms with E-state index in [-0.39, 0.29) is 6.10 Å². The molecule has 4 atom stereocenters. The van der Waals surface area contributed by atoms with Crippen LogP contribution in [0.25, 0.3) is 0 Å². The lowest BCUT2D eigenvalue weighted by Crippen LogP contribution is -2.36. The predicted molar refractivity (Wildman–Crippen MR) is 39.7 cm³/mol. The van der Waals surface area contributed by atoms with Gasteiger partial charge in [-0.05, 0) is 32.1 Å². The van der Waals surface area contributed by atoms with Gasteiger partial charge in [0.15, 0.2) is 0 Å².